The number of hydrogen-bond acceptors (Lipinski definition) is 4. The molecule has 0 aliphatic heterocycles. The molecule has 0 aliphatic rings. The summed E-state index contributed by atoms with van der Waals surface area (Å²) >= 11 is 0. The molecule has 0 radical (unpaired) electrons. The first kappa shape index (κ1) is 18.0. The smallest absolute Gasteiger partial charge is 0.265 e. The van der Waals surface area contributed by atoms with Crippen LogP contribution >= 0.6 is 0 Å². The Morgan fingerprint density at radius 2 is 1.68 bits per heavy atom. The Hall–Kier alpha value is -3.33. The van der Waals surface area contributed by atoms with Crippen LogP contribution in [0.15, 0.2) is 42.5 Å². The van der Waals surface area contributed by atoms with Crippen LogP contribution in [0.2, 0.25) is 0 Å². The summed E-state index contributed by atoms with van der Waals surface area (Å²) in [5, 5.41) is 14.3. The molecule has 0 bridgehead atoms. The lowest BCUT2D eigenvalue weighted by Gasteiger charge is -2.17. The fraction of sp³-hybridized carbons (Fsp3) is 0.211. The number of amides is 2. The second kappa shape index (κ2) is 7.97. The molecule has 2 aromatic carbocycles. The highest BCUT2D eigenvalue weighted by Gasteiger charge is 2.16. The minimum Gasteiger partial charge on any atom is -0.481 e. The van der Waals surface area contributed by atoms with E-state index in [1.807, 2.05) is 13.0 Å². The molecular weight excluding hydrogens is 318 g/mol. The van der Waals surface area contributed by atoms with Crippen LogP contribution in [0, 0.1) is 18.3 Å². The Kier molecular flexibility index (Phi) is 5.75. The number of carbonyl (C=O) groups is 2. The van der Waals surface area contributed by atoms with Crippen LogP contribution in [0.25, 0.3) is 0 Å². The summed E-state index contributed by atoms with van der Waals surface area (Å²) in [6, 6.07) is 13.8. The van der Waals surface area contributed by atoms with Gasteiger partial charge in [0, 0.05) is 18.3 Å². The second-order valence-corrected chi connectivity index (χ2v) is 5.54. The van der Waals surface area contributed by atoms with Crippen LogP contribution in [-0.2, 0) is 9.59 Å². The van der Waals surface area contributed by atoms with Crippen molar-refractivity contribution in [2.24, 2.45) is 0 Å². The maximum absolute atomic E-state index is 12.3. The molecule has 0 saturated heterocycles. The topological polar surface area (TPSA) is 91.2 Å². The van der Waals surface area contributed by atoms with Crippen LogP contribution in [-0.4, -0.2) is 17.9 Å². The number of carbonyl (C=O) groups excluding carboxylic acids is 2. The number of nitrogens with one attached hydrogen (secondary N) is 2. The predicted molar refractivity (Wildman–Crippen MR) is 95.4 cm³/mol. The lowest BCUT2D eigenvalue weighted by molar-refractivity contribution is -0.122. The number of ether oxygens (including phenoxy) is 1. The average molecular weight is 337 g/mol. The first-order valence-electron chi connectivity index (χ1n) is 7.75. The van der Waals surface area contributed by atoms with Gasteiger partial charge in [-0.15, -0.1) is 0 Å². The summed E-state index contributed by atoms with van der Waals surface area (Å²) in [4.78, 5) is 23.6. The van der Waals surface area contributed by atoms with Gasteiger partial charge in [-0.2, -0.15) is 5.26 Å². The number of hydrogen-bond donors (Lipinski definition) is 2. The second-order valence-electron chi connectivity index (χ2n) is 5.54. The fourth-order valence-corrected chi connectivity index (χ4v) is 2.20. The monoisotopic (exact) mass is 337 g/mol. The third-order valence-corrected chi connectivity index (χ3v) is 3.57. The molecule has 2 N–H and O–H groups in total. The lowest BCUT2D eigenvalue weighted by atomic mass is 10.1. The zero-order chi connectivity index (χ0) is 18.4. The maximum atomic E-state index is 12.3. The first-order chi connectivity index (χ1) is 11.9. The van der Waals surface area contributed by atoms with Crippen molar-refractivity contribution in [3.8, 4) is 11.8 Å². The van der Waals surface area contributed by atoms with Gasteiger partial charge in [0.05, 0.1) is 11.6 Å². The van der Waals surface area contributed by atoms with Crippen molar-refractivity contribution in [1.82, 2.24) is 0 Å². The van der Waals surface area contributed by atoms with Crippen LogP contribution in [0.4, 0.5) is 11.4 Å². The van der Waals surface area contributed by atoms with Crippen molar-refractivity contribution >= 4 is 23.2 Å². The zero-order valence-electron chi connectivity index (χ0n) is 14.3. The van der Waals surface area contributed by atoms with Crippen molar-refractivity contribution in [1.29, 1.82) is 5.26 Å². The van der Waals surface area contributed by atoms with Gasteiger partial charge >= 0.3 is 0 Å². The molecule has 6 heteroatoms. The Morgan fingerprint density at radius 1 is 1.08 bits per heavy atom. The van der Waals surface area contributed by atoms with E-state index in [1.54, 1.807) is 49.4 Å². The minimum absolute atomic E-state index is 0.177. The highest BCUT2D eigenvalue weighted by Crippen LogP contribution is 2.24. The molecule has 0 fully saturated rings. The third kappa shape index (κ3) is 4.82. The Morgan fingerprint density at radius 3 is 2.24 bits per heavy atom. The van der Waals surface area contributed by atoms with E-state index in [0.29, 0.717) is 22.7 Å². The van der Waals surface area contributed by atoms with E-state index in [2.05, 4.69) is 10.6 Å². The molecule has 1 atom stereocenters. The fourth-order valence-electron chi connectivity index (χ4n) is 2.20. The van der Waals surface area contributed by atoms with Gasteiger partial charge in [0.1, 0.15) is 5.75 Å². The Labute approximate surface area is 146 Å². The van der Waals surface area contributed by atoms with Crippen molar-refractivity contribution in [3.63, 3.8) is 0 Å². The van der Waals surface area contributed by atoms with Crippen molar-refractivity contribution in [3.05, 3.63) is 53.6 Å². The lowest BCUT2D eigenvalue weighted by Crippen LogP contribution is -2.30. The average Bonchev–Trinajstić information content (AvgIpc) is 2.58. The van der Waals surface area contributed by atoms with Crippen LogP contribution in [0.1, 0.15) is 25.0 Å². The van der Waals surface area contributed by atoms with E-state index < -0.39 is 6.10 Å². The molecule has 2 aromatic rings. The van der Waals surface area contributed by atoms with E-state index in [-0.39, 0.29) is 11.8 Å². The molecule has 25 heavy (non-hydrogen) atoms. The molecule has 0 aliphatic carbocycles. The summed E-state index contributed by atoms with van der Waals surface area (Å²) in [6.45, 7) is 4.88. The summed E-state index contributed by atoms with van der Waals surface area (Å²) in [6.07, 6.45) is -0.725. The van der Waals surface area contributed by atoms with Crippen LogP contribution in [0.5, 0.6) is 5.75 Å². The van der Waals surface area contributed by atoms with Gasteiger partial charge in [0.15, 0.2) is 6.10 Å². The van der Waals surface area contributed by atoms with E-state index >= 15 is 0 Å². The Bertz CT molecular complexity index is 823. The molecular formula is C19H19N3O3. The summed E-state index contributed by atoms with van der Waals surface area (Å²) in [5.74, 6) is 0.0156. The number of nitrogens with zero attached hydrogens (tertiary/aromatic N) is 1. The van der Waals surface area contributed by atoms with E-state index in [1.165, 1.54) is 6.92 Å². The van der Waals surface area contributed by atoms with Crippen molar-refractivity contribution in [2.45, 2.75) is 26.9 Å². The number of rotatable bonds is 5. The first-order valence-corrected chi connectivity index (χ1v) is 7.75. The summed E-state index contributed by atoms with van der Waals surface area (Å²) in [5.41, 5.74) is 2.53. The van der Waals surface area contributed by atoms with E-state index in [9.17, 15) is 9.59 Å². The molecule has 0 aromatic heterocycles. The molecule has 0 spiro atoms. The van der Waals surface area contributed by atoms with Gasteiger partial charge in [0.2, 0.25) is 5.91 Å². The summed E-state index contributed by atoms with van der Waals surface area (Å²) < 4.78 is 5.59. The normalized spacial score (nSPS) is 11.1. The molecule has 1 unspecified atom stereocenters. The molecule has 0 saturated carbocycles. The van der Waals surface area contributed by atoms with Crippen LogP contribution in [0.3, 0.4) is 0 Å². The van der Waals surface area contributed by atoms with E-state index in [0.717, 1.165) is 5.56 Å². The largest absolute Gasteiger partial charge is 0.481 e. The predicted octanol–water partition coefficient (Wildman–Crippen LogP) is 3.23. The number of benzene rings is 2. The van der Waals surface area contributed by atoms with Gasteiger partial charge < -0.3 is 15.4 Å². The van der Waals surface area contributed by atoms with Crippen molar-refractivity contribution in [2.75, 3.05) is 10.6 Å². The SMILES string of the molecule is CC(=O)Nc1cccc(NC(=O)C(C)Oc2ccc(C#N)cc2)c1C. The molecule has 128 valence electrons. The highest BCUT2D eigenvalue weighted by atomic mass is 16.5. The van der Waals surface area contributed by atoms with Crippen LogP contribution < -0.4 is 15.4 Å². The molecule has 2 amide bonds. The van der Waals surface area contributed by atoms with Gasteiger partial charge in [-0.3, -0.25) is 9.59 Å². The third-order valence-electron chi connectivity index (χ3n) is 3.57. The zero-order valence-corrected chi connectivity index (χ0v) is 14.3. The quantitative estimate of drug-likeness (QED) is 0.876. The van der Waals surface area contributed by atoms with Gasteiger partial charge in [0.25, 0.3) is 5.91 Å². The highest BCUT2D eigenvalue weighted by molar-refractivity contribution is 5.97. The standard InChI is InChI=1S/C19H19N3O3/c1-12-17(21-14(3)23)5-4-6-18(12)22-19(24)13(2)25-16-9-7-15(11-20)8-10-16/h4-10,13H,1-3H3,(H,21,23)(H,22,24). The minimum atomic E-state index is -0.725. The molecule has 6 nitrogen and oxygen atoms in total. The Balaban J connectivity index is 2.05. The summed E-state index contributed by atoms with van der Waals surface area (Å²) in [7, 11) is 0. The van der Waals surface area contributed by atoms with Gasteiger partial charge in [-0.05, 0) is 55.8 Å². The van der Waals surface area contributed by atoms with Gasteiger partial charge in [-0.1, -0.05) is 6.07 Å². The van der Waals surface area contributed by atoms with Crippen molar-refractivity contribution < 1.29 is 14.3 Å². The number of nitriles is 1. The molecule has 2 rings (SSSR count). The van der Waals surface area contributed by atoms with Gasteiger partial charge in [-0.25, -0.2) is 0 Å². The number of anilines is 2. The maximum Gasteiger partial charge on any atom is 0.265 e. The van der Waals surface area contributed by atoms with E-state index in [4.69, 9.17) is 10.00 Å². The molecule has 0 heterocycles.